The lowest BCUT2D eigenvalue weighted by Gasteiger charge is -2.35. The summed E-state index contributed by atoms with van der Waals surface area (Å²) in [6, 6.07) is 5.89. The van der Waals surface area contributed by atoms with Crippen LogP contribution in [-0.2, 0) is 6.18 Å². The van der Waals surface area contributed by atoms with Crippen molar-refractivity contribution in [2.24, 2.45) is 0 Å². The molecule has 1 saturated heterocycles. The second-order valence-electron chi connectivity index (χ2n) is 7.56. The van der Waals surface area contributed by atoms with Crippen LogP contribution in [0.2, 0.25) is 0 Å². The van der Waals surface area contributed by atoms with Gasteiger partial charge in [-0.25, -0.2) is 0 Å². The number of phenolic OH excluding ortho intramolecular Hbond substituents is 1. The maximum atomic E-state index is 12.9. The quantitative estimate of drug-likeness (QED) is 0.802. The first kappa shape index (κ1) is 20.4. The lowest BCUT2D eigenvalue weighted by atomic mass is 10.0. The molecule has 8 heteroatoms. The van der Waals surface area contributed by atoms with Crippen molar-refractivity contribution in [2.75, 3.05) is 18.4 Å². The molecule has 1 atom stereocenters. The SMILES string of the molecule is Cc1cc(C(F)(F)F)cc(O)c1-c1ccc(NC2CCCN(C(C)C)C2)nn1. The van der Waals surface area contributed by atoms with E-state index in [2.05, 4.69) is 34.3 Å². The average molecular weight is 394 g/mol. The van der Waals surface area contributed by atoms with E-state index in [1.54, 1.807) is 12.1 Å². The largest absolute Gasteiger partial charge is 0.507 e. The fourth-order valence-corrected chi connectivity index (χ4v) is 3.61. The summed E-state index contributed by atoms with van der Waals surface area (Å²) in [4.78, 5) is 2.41. The van der Waals surface area contributed by atoms with Crippen LogP contribution in [0.15, 0.2) is 24.3 Å². The van der Waals surface area contributed by atoms with Gasteiger partial charge in [-0.1, -0.05) is 0 Å². The minimum absolute atomic E-state index is 0.260. The molecule has 3 rings (SSSR count). The highest BCUT2D eigenvalue weighted by molar-refractivity contribution is 5.71. The minimum Gasteiger partial charge on any atom is -0.507 e. The van der Waals surface area contributed by atoms with Crippen LogP contribution in [0.5, 0.6) is 5.75 Å². The number of likely N-dealkylation sites (tertiary alicyclic amines) is 1. The Hall–Kier alpha value is -2.35. The van der Waals surface area contributed by atoms with Crippen molar-refractivity contribution >= 4 is 5.82 Å². The molecule has 2 heterocycles. The molecule has 0 amide bonds. The van der Waals surface area contributed by atoms with E-state index in [4.69, 9.17) is 0 Å². The number of aromatic nitrogens is 2. The number of hydrogen-bond donors (Lipinski definition) is 2. The Morgan fingerprint density at radius 3 is 2.54 bits per heavy atom. The third-order valence-corrected chi connectivity index (χ3v) is 5.10. The van der Waals surface area contributed by atoms with Crippen molar-refractivity contribution in [2.45, 2.75) is 51.9 Å². The number of phenols is 1. The molecule has 1 aliphatic rings. The highest BCUT2D eigenvalue weighted by Crippen LogP contribution is 2.38. The first-order valence-corrected chi connectivity index (χ1v) is 9.40. The molecule has 152 valence electrons. The Morgan fingerprint density at radius 1 is 1.21 bits per heavy atom. The smallest absolute Gasteiger partial charge is 0.416 e. The second-order valence-corrected chi connectivity index (χ2v) is 7.56. The number of anilines is 1. The van der Waals surface area contributed by atoms with Gasteiger partial charge in [0, 0.05) is 24.2 Å². The summed E-state index contributed by atoms with van der Waals surface area (Å²) in [6.07, 6.45) is -2.35. The number of aryl methyl sites for hydroxylation is 1. The van der Waals surface area contributed by atoms with Crippen LogP contribution in [0.25, 0.3) is 11.3 Å². The molecule has 0 radical (unpaired) electrons. The molecule has 0 spiro atoms. The van der Waals surface area contributed by atoms with Crippen LogP contribution >= 0.6 is 0 Å². The van der Waals surface area contributed by atoms with Crippen LogP contribution in [0.1, 0.15) is 37.8 Å². The van der Waals surface area contributed by atoms with E-state index >= 15 is 0 Å². The number of benzene rings is 1. The lowest BCUT2D eigenvalue weighted by Crippen LogP contribution is -2.45. The molecule has 2 N–H and O–H groups in total. The third kappa shape index (κ3) is 4.55. The Bertz CT molecular complexity index is 798. The zero-order valence-electron chi connectivity index (χ0n) is 16.2. The van der Waals surface area contributed by atoms with Gasteiger partial charge in [0.15, 0.2) is 0 Å². The third-order valence-electron chi connectivity index (χ3n) is 5.10. The minimum atomic E-state index is -4.51. The van der Waals surface area contributed by atoms with Gasteiger partial charge in [-0.2, -0.15) is 13.2 Å². The number of nitrogens with one attached hydrogen (secondary N) is 1. The van der Waals surface area contributed by atoms with Gasteiger partial charge in [0.25, 0.3) is 0 Å². The highest BCUT2D eigenvalue weighted by atomic mass is 19.4. The Balaban J connectivity index is 1.76. The molecule has 2 aromatic rings. The first-order chi connectivity index (χ1) is 13.1. The van der Waals surface area contributed by atoms with Gasteiger partial charge in [0.2, 0.25) is 0 Å². The van der Waals surface area contributed by atoms with Crippen LogP contribution in [0.4, 0.5) is 19.0 Å². The van der Waals surface area contributed by atoms with Gasteiger partial charge in [-0.05, 0) is 70.0 Å². The van der Waals surface area contributed by atoms with Crippen LogP contribution in [0, 0.1) is 6.92 Å². The Kier molecular flexibility index (Phi) is 5.79. The molecule has 1 unspecified atom stereocenters. The van der Waals surface area contributed by atoms with Gasteiger partial charge < -0.3 is 10.4 Å². The van der Waals surface area contributed by atoms with E-state index in [-0.39, 0.29) is 11.6 Å². The zero-order valence-corrected chi connectivity index (χ0v) is 16.2. The average Bonchev–Trinajstić information content (AvgIpc) is 2.62. The molecular formula is C20H25F3N4O. The molecule has 0 bridgehead atoms. The zero-order chi connectivity index (χ0) is 20.5. The van der Waals surface area contributed by atoms with E-state index in [0.29, 0.717) is 23.1 Å². The fourth-order valence-electron chi connectivity index (χ4n) is 3.61. The van der Waals surface area contributed by atoms with Crippen LogP contribution in [-0.4, -0.2) is 45.4 Å². The molecule has 1 fully saturated rings. The van der Waals surface area contributed by atoms with Gasteiger partial charge in [-0.3, -0.25) is 4.90 Å². The van der Waals surface area contributed by atoms with Crippen molar-refractivity contribution < 1.29 is 18.3 Å². The van der Waals surface area contributed by atoms with Crippen molar-refractivity contribution in [3.63, 3.8) is 0 Å². The number of halogens is 3. The topological polar surface area (TPSA) is 61.3 Å². The molecule has 1 aromatic carbocycles. The number of hydrogen-bond acceptors (Lipinski definition) is 5. The van der Waals surface area contributed by atoms with E-state index in [1.807, 2.05) is 0 Å². The molecular weight excluding hydrogens is 369 g/mol. The van der Waals surface area contributed by atoms with Crippen molar-refractivity contribution in [3.05, 3.63) is 35.4 Å². The summed E-state index contributed by atoms with van der Waals surface area (Å²) in [5.74, 6) is 0.158. The van der Waals surface area contributed by atoms with Gasteiger partial charge >= 0.3 is 6.18 Å². The predicted molar refractivity (Wildman–Crippen MR) is 102 cm³/mol. The number of piperidine rings is 1. The monoisotopic (exact) mass is 394 g/mol. The highest BCUT2D eigenvalue weighted by Gasteiger charge is 2.32. The van der Waals surface area contributed by atoms with Gasteiger partial charge in [-0.15, -0.1) is 10.2 Å². The van der Waals surface area contributed by atoms with E-state index in [0.717, 1.165) is 38.1 Å². The summed E-state index contributed by atoms with van der Waals surface area (Å²) in [5.41, 5.74) is 0.00381. The van der Waals surface area contributed by atoms with E-state index in [1.165, 1.54) is 6.92 Å². The first-order valence-electron chi connectivity index (χ1n) is 9.40. The van der Waals surface area contributed by atoms with Gasteiger partial charge in [0.05, 0.1) is 11.3 Å². The number of alkyl halides is 3. The van der Waals surface area contributed by atoms with Crippen molar-refractivity contribution in [1.29, 1.82) is 0 Å². The molecule has 28 heavy (non-hydrogen) atoms. The van der Waals surface area contributed by atoms with Crippen LogP contribution in [0.3, 0.4) is 0 Å². The fraction of sp³-hybridized carbons (Fsp3) is 0.500. The van der Waals surface area contributed by atoms with Gasteiger partial charge in [0.1, 0.15) is 11.6 Å². The standard InChI is InChI=1S/C20H25F3N4O/c1-12(2)27-8-4-5-15(11-27)24-18-7-6-16(25-26-18)19-13(3)9-14(10-17(19)28)20(21,22)23/h6-7,9-10,12,15,28H,4-5,8,11H2,1-3H3,(H,24,26). The maximum absolute atomic E-state index is 12.9. The second kappa shape index (κ2) is 7.95. The summed E-state index contributed by atoms with van der Waals surface area (Å²) in [7, 11) is 0. The summed E-state index contributed by atoms with van der Waals surface area (Å²) in [6.45, 7) is 7.89. The number of rotatable bonds is 4. The van der Waals surface area contributed by atoms with Crippen molar-refractivity contribution in [1.82, 2.24) is 15.1 Å². The Morgan fingerprint density at radius 2 is 1.96 bits per heavy atom. The van der Waals surface area contributed by atoms with Crippen LogP contribution < -0.4 is 5.32 Å². The normalized spacial score (nSPS) is 18.5. The van der Waals surface area contributed by atoms with Crippen molar-refractivity contribution in [3.8, 4) is 17.0 Å². The number of aromatic hydroxyl groups is 1. The predicted octanol–water partition coefficient (Wildman–Crippen LogP) is 4.46. The molecule has 5 nitrogen and oxygen atoms in total. The summed E-state index contributed by atoms with van der Waals surface area (Å²) < 4.78 is 38.7. The molecule has 0 aliphatic carbocycles. The molecule has 0 saturated carbocycles. The van der Waals surface area contributed by atoms with E-state index in [9.17, 15) is 18.3 Å². The number of nitrogens with zero attached hydrogens (tertiary/aromatic N) is 3. The molecule has 1 aromatic heterocycles. The van der Waals surface area contributed by atoms with E-state index < -0.39 is 17.5 Å². The lowest BCUT2D eigenvalue weighted by molar-refractivity contribution is -0.137. The summed E-state index contributed by atoms with van der Waals surface area (Å²) in [5, 5.41) is 21.8. The molecule has 1 aliphatic heterocycles. The Labute approximate surface area is 162 Å². The maximum Gasteiger partial charge on any atom is 0.416 e. The summed E-state index contributed by atoms with van der Waals surface area (Å²) >= 11 is 0.